The largest absolute Gasteiger partial charge is 0.321 e. The maximum absolute atomic E-state index is 13.8. The molecule has 250 valence electrons. The molecule has 1 atom stereocenters. The normalized spacial score (nSPS) is 11.9. The van der Waals surface area contributed by atoms with Gasteiger partial charge in [0.25, 0.3) is 11.8 Å². The molecule has 0 aliphatic heterocycles. The van der Waals surface area contributed by atoms with Crippen LogP contribution in [-0.4, -0.2) is 22.7 Å². The number of anilines is 2. The van der Waals surface area contributed by atoms with E-state index in [4.69, 9.17) is 0 Å². The quantitative estimate of drug-likeness (QED) is 0.0912. The molecule has 2 aromatic heterocycles. The van der Waals surface area contributed by atoms with Gasteiger partial charge in [0.1, 0.15) is 10.9 Å². The summed E-state index contributed by atoms with van der Waals surface area (Å²) >= 11 is 4.39. The first-order valence-corrected chi connectivity index (χ1v) is 18.6. The van der Waals surface area contributed by atoms with Crippen molar-refractivity contribution in [2.75, 3.05) is 10.6 Å². The first-order valence-electron chi connectivity index (χ1n) is 16.0. The van der Waals surface area contributed by atoms with Crippen molar-refractivity contribution in [1.82, 2.24) is 10.3 Å². The van der Waals surface area contributed by atoms with Crippen LogP contribution < -0.4 is 16.0 Å². The summed E-state index contributed by atoms with van der Waals surface area (Å²) in [7, 11) is 0. The highest BCUT2D eigenvalue weighted by atomic mass is 32.2. The van der Waals surface area contributed by atoms with E-state index in [1.807, 2.05) is 114 Å². The smallest absolute Gasteiger partial charge is 0.272 e. The molecule has 7 aromatic rings. The molecular formula is C41H30N4O3S3. The minimum atomic E-state index is -0.552. The van der Waals surface area contributed by atoms with E-state index >= 15 is 0 Å². The number of rotatable bonds is 11. The summed E-state index contributed by atoms with van der Waals surface area (Å²) in [5.74, 6) is -1.05. The lowest BCUT2D eigenvalue weighted by Gasteiger charge is -2.17. The number of thiazole rings is 1. The maximum Gasteiger partial charge on any atom is 0.272 e. The van der Waals surface area contributed by atoms with E-state index in [0.29, 0.717) is 16.4 Å². The second-order valence-corrected chi connectivity index (χ2v) is 14.3. The fraction of sp³-hybridized carbons (Fsp3) is 0.0244. The fourth-order valence-electron chi connectivity index (χ4n) is 5.37. The Labute approximate surface area is 307 Å². The summed E-state index contributed by atoms with van der Waals surface area (Å²) in [6.07, 6.45) is 1.69. The number of hydrogen-bond donors (Lipinski definition) is 3. The van der Waals surface area contributed by atoms with E-state index in [1.54, 1.807) is 53.8 Å². The number of nitrogens with zero attached hydrogens (tertiary/aromatic N) is 1. The fourth-order valence-corrected chi connectivity index (χ4v) is 7.86. The maximum atomic E-state index is 13.8. The molecule has 0 aliphatic carbocycles. The molecule has 0 saturated carbocycles. The van der Waals surface area contributed by atoms with Crippen molar-refractivity contribution in [1.29, 1.82) is 0 Å². The van der Waals surface area contributed by atoms with Crippen LogP contribution >= 0.6 is 34.4 Å². The molecule has 0 bridgehead atoms. The second kappa shape index (κ2) is 15.8. The third-order valence-corrected chi connectivity index (χ3v) is 10.8. The number of thioether (sulfide) groups is 1. The van der Waals surface area contributed by atoms with Gasteiger partial charge in [-0.25, -0.2) is 4.98 Å². The van der Waals surface area contributed by atoms with Crippen molar-refractivity contribution in [2.45, 2.75) is 10.1 Å². The monoisotopic (exact) mass is 722 g/mol. The van der Waals surface area contributed by atoms with Gasteiger partial charge >= 0.3 is 0 Å². The van der Waals surface area contributed by atoms with Crippen LogP contribution in [0, 0.1) is 0 Å². The molecule has 5 aromatic carbocycles. The molecule has 3 N–H and O–H groups in total. The Balaban J connectivity index is 1.09. The molecular weight excluding hydrogens is 693 g/mol. The van der Waals surface area contributed by atoms with Crippen molar-refractivity contribution in [3.8, 4) is 10.6 Å². The number of amides is 3. The van der Waals surface area contributed by atoms with Gasteiger partial charge in [-0.2, -0.15) is 0 Å². The third-order valence-electron chi connectivity index (χ3n) is 7.87. The molecule has 10 heteroatoms. The zero-order chi connectivity index (χ0) is 35.0. The molecule has 0 spiro atoms. The van der Waals surface area contributed by atoms with Gasteiger partial charge in [0.05, 0.1) is 10.6 Å². The minimum Gasteiger partial charge on any atom is -0.321 e. The number of nitrogens with one attached hydrogen (secondary N) is 3. The minimum absolute atomic E-state index is 0.101. The van der Waals surface area contributed by atoms with Gasteiger partial charge in [0.2, 0.25) is 5.91 Å². The lowest BCUT2D eigenvalue weighted by atomic mass is 10.0. The summed E-state index contributed by atoms with van der Waals surface area (Å²) < 4.78 is 0. The summed E-state index contributed by atoms with van der Waals surface area (Å²) in [6.45, 7) is 0. The molecule has 3 amide bonds. The van der Waals surface area contributed by atoms with E-state index in [0.717, 1.165) is 37.4 Å². The summed E-state index contributed by atoms with van der Waals surface area (Å²) in [4.78, 5) is 47.1. The lowest BCUT2D eigenvalue weighted by molar-refractivity contribution is -0.116. The van der Waals surface area contributed by atoms with E-state index in [2.05, 4.69) is 20.9 Å². The Morgan fingerprint density at radius 2 is 1.43 bits per heavy atom. The van der Waals surface area contributed by atoms with Gasteiger partial charge < -0.3 is 16.0 Å². The standard InChI is InChI=1S/C41H30N4O3S3/c46-38(29-14-5-2-6-15-29)43-34(25-30-17-9-16-27-11-7-8-18-33(27)30)39(47)42-31-20-22-32(23-21-31)51-37(28-12-3-1-4-13-28)40(48)45-41-44-35(26-50-41)36-19-10-24-49-36/h1-26,37H,(H,42,47)(H,43,46)(H,44,45,48)/b34-25-. The summed E-state index contributed by atoms with van der Waals surface area (Å²) in [5.41, 5.74) is 3.55. The van der Waals surface area contributed by atoms with Crippen LogP contribution in [-0.2, 0) is 9.59 Å². The molecule has 51 heavy (non-hydrogen) atoms. The predicted octanol–water partition coefficient (Wildman–Crippen LogP) is 9.91. The highest BCUT2D eigenvalue weighted by Gasteiger charge is 2.24. The van der Waals surface area contributed by atoms with Gasteiger partial charge in [0.15, 0.2) is 5.13 Å². The van der Waals surface area contributed by atoms with Gasteiger partial charge in [0, 0.05) is 21.5 Å². The number of aromatic nitrogens is 1. The summed E-state index contributed by atoms with van der Waals surface area (Å²) in [6, 6.07) is 43.3. The van der Waals surface area contributed by atoms with Gasteiger partial charge in [-0.05, 0) is 75.8 Å². The molecule has 2 heterocycles. The van der Waals surface area contributed by atoms with E-state index in [9.17, 15) is 14.4 Å². The summed E-state index contributed by atoms with van der Waals surface area (Å²) in [5, 5.41) is 14.7. The lowest BCUT2D eigenvalue weighted by Crippen LogP contribution is -2.30. The Kier molecular flexibility index (Phi) is 10.4. The number of carbonyl (C=O) groups excluding carboxylic acids is 3. The van der Waals surface area contributed by atoms with Crippen LogP contribution in [0.1, 0.15) is 26.7 Å². The van der Waals surface area contributed by atoms with E-state index < -0.39 is 17.1 Å². The number of thiophene rings is 1. The Morgan fingerprint density at radius 3 is 2.20 bits per heavy atom. The van der Waals surface area contributed by atoms with Crippen LogP contribution in [0.5, 0.6) is 0 Å². The van der Waals surface area contributed by atoms with Crippen molar-refractivity contribution in [2.24, 2.45) is 0 Å². The molecule has 1 unspecified atom stereocenters. The predicted molar refractivity (Wildman–Crippen MR) is 210 cm³/mol. The van der Waals surface area contributed by atoms with E-state index in [1.165, 1.54) is 23.1 Å². The Hall–Kier alpha value is -5.81. The first kappa shape index (κ1) is 33.7. The molecule has 0 aliphatic rings. The Morgan fingerprint density at radius 1 is 0.706 bits per heavy atom. The zero-order valence-electron chi connectivity index (χ0n) is 27.0. The van der Waals surface area contributed by atoms with Crippen LogP contribution in [0.2, 0.25) is 0 Å². The highest BCUT2D eigenvalue weighted by molar-refractivity contribution is 8.00. The van der Waals surface area contributed by atoms with E-state index in [-0.39, 0.29) is 11.6 Å². The molecule has 0 radical (unpaired) electrons. The topological polar surface area (TPSA) is 100 Å². The van der Waals surface area contributed by atoms with Crippen molar-refractivity contribution < 1.29 is 14.4 Å². The van der Waals surface area contributed by atoms with Crippen molar-refractivity contribution >= 4 is 79.8 Å². The van der Waals surface area contributed by atoms with Gasteiger partial charge in [-0.15, -0.1) is 34.4 Å². The van der Waals surface area contributed by atoms with Gasteiger partial charge in [-0.1, -0.05) is 97.1 Å². The van der Waals surface area contributed by atoms with Crippen LogP contribution in [0.15, 0.2) is 161 Å². The van der Waals surface area contributed by atoms with Crippen molar-refractivity contribution in [3.05, 3.63) is 173 Å². The van der Waals surface area contributed by atoms with Crippen LogP contribution in [0.25, 0.3) is 27.4 Å². The first-order chi connectivity index (χ1) is 25.0. The number of hydrogen-bond acceptors (Lipinski definition) is 7. The molecule has 0 fully saturated rings. The Bertz CT molecular complexity index is 2320. The molecule has 7 rings (SSSR count). The average molecular weight is 723 g/mol. The van der Waals surface area contributed by atoms with Gasteiger partial charge in [-0.3, -0.25) is 14.4 Å². The SMILES string of the molecule is O=C(Nc1ccc(SC(C(=O)Nc2nc(-c3cccs3)cs2)c2ccccc2)cc1)/C(=C/c1cccc2ccccc12)NC(=O)c1ccccc1. The second-order valence-electron chi connectivity index (χ2n) is 11.3. The molecule has 7 nitrogen and oxygen atoms in total. The highest BCUT2D eigenvalue weighted by Crippen LogP contribution is 2.37. The van der Waals surface area contributed by atoms with Crippen LogP contribution in [0.4, 0.5) is 10.8 Å². The number of carbonyl (C=O) groups is 3. The number of fused-ring (bicyclic) bond motifs is 1. The molecule has 0 saturated heterocycles. The average Bonchev–Trinajstić information content (AvgIpc) is 3.88. The van der Waals surface area contributed by atoms with Crippen molar-refractivity contribution in [3.63, 3.8) is 0 Å². The zero-order valence-corrected chi connectivity index (χ0v) is 29.4. The number of benzene rings is 5. The van der Waals surface area contributed by atoms with Crippen LogP contribution in [0.3, 0.4) is 0 Å². The third kappa shape index (κ3) is 8.33.